The molecule has 2 aromatic carbocycles. The summed E-state index contributed by atoms with van der Waals surface area (Å²) in [5.41, 5.74) is 0.912. The molecular formula is C27H37N3O7. The average molecular weight is 516 g/mol. The molecule has 0 fully saturated rings. The highest BCUT2D eigenvalue weighted by atomic mass is 16.6. The third kappa shape index (κ3) is 12.0. The third-order valence-corrected chi connectivity index (χ3v) is 5.16. The average Bonchev–Trinajstić information content (AvgIpc) is 2.83. The van der Waals surface area contributed by atoms with E-state index in [4.69, 9.17) is 9.47 Å². The summed E-state index contributed by atoms with van der Waals surface area (Å²) in [6.45, 7) is 6.01. The predicted molar refractivity (Wildman–Crippen MR) is 138 cm³/mol. The number of alkyl carbamates (subject to hydrolysis) is 2. The Morgan fingerprint density at radius 2 is 1.59 bits per heavy atom. The molecule has 37 heavy (non-hydrogen) atoms. The van der Waals surface area contributed by atoms with Gasteiger partial charge in [0.05, 0.1) is 0 Å². The number of rotatable bonds is 12. The number of unbranched alkanes of at least 4 members (excludes halogenated alkanes) is 1. The van der Waals surface area contributed by atoms with Crippen LogP contribution in [0.5, 0.6) is 11.5 Å². The summed E-state index contributed by atoms with van der Waals surface area (Å²) in [4.78, 5) is 36.9. The van der Waals surface area contributed by atoms with Gasteiger partial charge < -0.3 is 35.6 Å². The van der Waals surface area contributed by atoms with E-state index in [-0.39, 0.29) is 30.6 Å². The lowest BCUT2D eigenvalue weighted by molar-refractivity contribution is -0.123. The van der Waals surface area contributed by atoms with Crippen LogP contribution in [0.25, 0.3) is 0 Å². The molecule has 0 bridgehead atoms. The Labute approximate surface area is 217 Å². The van der Waals surface area contributed by atoms with E-state index < -0.39 is 23.8 Å². The number of carbonyl (C=O) groups is 3. The maximum Gasteiger partial charge on any atom is 0.408 e. The first kappa shape index (κ1) is 29.3. The van der Waals surface area contributed by atoms with E-state index >= 15 is 0 Å². The van der Waals surface area contributed by atoms with Gasteiger partial charge in [-0.2, -0.15) is 0 Å². The first-order valence-corrected chi connectivity index (χ1v) is 12.3. The molecule has 10 nitrogen and oxygen atoms in total. The van der Waals surface area contributed by atoms with Crippen LogP contribution >= 0.6 is 0 Å². The molecule has 0 aliphatic heterocycles. The minimum absolute atomic E-state index is 0.179. The number of ether oxygens (including phenoxy) is 2. The molecule has 0 heterocycles. The Balaban J connectivity index is 1.78. The Kier molecular flexibility index (Phi) is 11.5. The minimum Gasteiger partial charge on any atom is -0.504 e. The molecule has 10 heteroatoms. The van der Waals surface area contributed by atoms with Gasteiger partial charge in [-0.25, -0.2) is 9.59 Å². The van der Waals surface area contributed by atoms with Gasteiger partial charge in [-0.1, -0.05) is 36.4 Å². The van der Waals surface area contributed by atoms with E-state index in [2.05, 4.69) is 16.0 Å². The van der Waals surface area contributed by atoms with Crippen molar-refractivity contribution < 1.29 is 34.1 Å². The van der Waals surface area contributed by atoms with Crippen molar-refractivity contribution in [2.45, 2.75) is 64.7 Å². The maximum absolute atomic E-state index is 12.8. The monoisotopic (exact) mass is 515 g/mol. The quantitative estimate of drug-likeness (QED) is 0.214. The molecule has 5 N–H and O–H groups in total. The van der Waals surface area contributed by atoms with E-state index in [1.165, 1.54) is 12.1 Å². The summed E-state index contributed by atoms with van der Waals surface area (Å²) in [5.74, 6) is -0.816. The molecule has 0 aliphatic carbocycles. The minimum atomic E-state index is -0.826. The van der Waals surface area contributed by atoms with E-state index in [1.54, 1.807) is 26.8 Å². The van der Waals surface area contributed by atoms with Crippen LogP contribution in [-0.4, -0.2) is 53.0 Å². The molecule has 0 saturated carbocycles. The summed E-state index contributed by atoms with van der Waals surface area (Å²) in [7, 11) is 0. The first-order chi connectivity index (χ1) is 17.5. The number of amides is 3. The van der Waals surface area contributed by atoms with Crippen molar-refractivity contribution in [3.8, 4) is 11.5 Å². The van der Waals surface area contributed by atoms with Gasteiger partial charge >= 0.3 is 12.2 Å². The van der Waals surface area contributed by atoms with Crippen LogP contribution in [0.1, 0.15) is 51.2 Å². The zero-order chi connectivity index (χ0) is 27.3. The Bertz CT molecular complexity index is 1020. The summed E-state index contributed by atoms with van der Waals surface area (Å²) < 4.78 is 10.5. The lowest BCUT2D eigenvalue weighted by Crippen LogP contribution is -2.48. The second kappa shape index (κ2) is 14.6. The van der Waals surface area contributed by atoms with Crippen molar-refractivity contribution in [3.05, 3.63) is 59.7 Å². The second-order valence-corrected chi connectivity index (χ2v) is 9.55. The molecule has 1 atom stereocenters. The van der Waals surface area contributed by atoms with E-state index in [9.17, 15) is 24.6 Å². The first-order valence-electron chi connectivity index (χ1n) is 12.3. The fourth-order valence-electron chi connectivity index (χ4n) is 3.33. The van der Waals surface area contributed by atoms with Crippen LogP contribution in [0, 0.1) is 0 Å². The highest BCUT2D eigenvalue weighted by Crippen LogP contribution is 2.24. The van der Waals surface area contributed by atoms with E-state index in [0.29, 0.717) is 32.2 Å². The van der Waals surface area contributed by atoms with Gasteiger partial charge in [-0.05, 0) is 69.7 Å². The summed E-state index contributed by atoms with van der Waals surface area (Å²) in [6, 6.07) is 13.0. The van der Waals surface area contributed by atoms with E-state index in [0.717, 1.165) is 11.1 Å². The second-order valence-electron chi connectivity index (χ2n) is 9.55. The molecule has 0 aliphatic rings. The molecule has 3 amide bonds. The molecule has 0 aromatic heterocycles. The fraction of sp³-hybridized carbons (Fsp3) is 0.444. The van der Waals surface area contributed by atoms with Crippen molar-refractivity contribution in [1.82, 2.24) is 16.0 Å². The number of phenols is 2. The van der Waals surface area contributed by atoms with Crippen LogP contribution in [-0.2, 0) is 27.3 Å². The van der Waals surface area contributed by atoms with Gasteiger partial charge in [-0.3, -0.25) is 4.79 Å². The van der Waals surface area contributed by atoms with Crippen molar-refractivity contribution >= 4 is 18.1 Å². The molecular weight excluding hydrogens is 478 g/mol. The fourth-order valence-corrected chi connectivity index (χ4v) is 3.33. The van der Waals surface area contributed by atoms with Gasteiger partial charge in [-0.15, -0.1) is 0 Å². The lowest BCUT2D eigenvalue weighted by atomic mass is 10.1. The van der Waals surface area contributed by atoms with Crippen LogP contribution in [0.15, 0.2) is 48.5 Å². The molecule has 0 saturated heterocycles. The molecule has 2 aromatic rings. The van der Waals surface area contributed by atoms with Gasteiger partial charge in [0.15, 0.2) is 11.5 Å². The number of nitrogens with one attached hydrogen (secondary N) is 3. The van der Waals surface area contributed by atoms with Crippen LogP contribution in [0.3, 0.4) is 0 Å². The third-order valence-electron chi connectivity index (χ3n) is 5.16. The van der Waals surface area contributed by atoms with E-state index in [1.807, 2.05) is 30.3 Å². The molecule has 2 rings (SSSR count). The Morgan fingerprint density at radius 1 is 0.865 bits per heavy atom. The van der Waals surface area contributed by atoms with Crippen LogP contribution < -0.4 is 16.0 Å². The highest BCUT2D eigenvalue weighted by molar-refractivity contribution is 5.85. The summed E-state index contributed by atoms with van der Waals surface area (Å²) >= 11 is 0. The van der Waals surface area contributed by atoms with Crippen molar-refractivity contribution in [2.75, 3.05) is 13.1 Å². The largest absolute Gasteiger partial charge is 0.504 e. The number of phenolic OH excluding ortho intramolecular Hbond substituents is 2. The molecule has 0 spiro atoms. The topological polar surface area (TPSA) is 146 Å². The number of carbonyl (C=O) groups excluding carboxylic acids is 3. The van der Waals surface area contributed by atoms with Crippen molar-refractivity contribution in [2.24, 2.45) is 0 Å². The van der Waals surface area contributed by atoms with Gasteiger partial charge in [0.2, 0.25) is 5.91 Å². The molecule has 0 radical (unpaired) electrons. The lowest BCUT2D eigenvalue weighted by Gasteiger charge is -2.23. The number of benzene rings is 2. The SMILES string of the molecule is CC(C)(C)OC(=O)N[C@@H](CCCCNC(=O)OCc1ccccc1)C(=O)NCCc1ccc(O)c(O)c1. The predicted octanol–water partition coefficient (Wildman–Crippen LogP) is 3.75. The van der Waals surface area contributed by atoms with Gasteiger partial charge in [0.25, 0.3) is 0 Å². The Morgan fingerprint density at radius 3 is 2.27 bits per heavy atom. The smallest absolute Gasteiger partial charge is 0.408 e. The standard InChI is InChI=1S/C27H37N3O7/c1-27(2,3)37-26(35)30-21(24(33)28-16-14-19-12-13-22(31)23(32)17-19)11-7-8-15-29-25(34)36-18-20-9-5-4-6-10-20/h4-6,9-10,12-13,17,21,31-32H,7-8,11,14-16,18H2,1-3H3,(H,28,33)(H,29,34)(H,30,35)/t21-/m0/s1. The summed E-state index contributed by atoms with van der Waals surface area (Å²) in [6.07, 6.45) is 0.676. The molecule has 202 valence electrons. The van der Waals surface area contributed by atoms with Gasteiger partial charge in [0, 0.05) is 13.1 Å². The highest BCUT2D eigenvalue weighted by Gasteiger charge is 2.24. The zero-order valence-electron chi connectivity index (χ0n) is 21.6. The number of hydrogen-bond donors (Lipinski definition) is 5. The number of hydrogen-bond acceptors (Lipinski definition) is 7. The van der Waals surface area contributed by atoms with Crippen molar-refractivity contribution in [1.29, 1.82) is 0 Å². The maximum atomic E-state index is 12.8. The zero-order valence-corrected chi connectivity index (χ0v) is 21.6. The molecule has 0 unspecified atom stereocenters. The van der Waals surface area contributed by atoms with Gasteiger partial charge in [0.1, 0.15) is 18.2 Å². The van der Waals surface area contributed by atoms with Crippen LogP contribution in [0.2, 0.25) is 0 Å². The van der Waals surface area contributed by atoms with Crippen LogP contribution in [0.4, 0.5) is 9.59 Å². The normalized spacial score (nSPS) is 11.8. The number of aromatic hydroxyl groups is 2. The Hall–Kier alpha value is -3.95. The summed E-state index contributed by atoms with van der Waals surface area (Å²) in [5, 5.41) is 27.1. The van der Waals surface area contributed by atoms with Crippen molar-refractivity contribution in [3.63, 3.8) is 0 Å².